The SMILES string of the molecule is CCN(CC)CCOc1cc(C(F)(F)F)cc(N)n1. The molecular formula is C12H18F3N3O. The lowest BCUT2D eigenvalue weighted by Gasteiger charge is -2.18. The van der Waals surface area contributed by atoms with Crippen molar-refractivity contribution in [1.82, 2.24) is 9.88 Å². The number of pyridine rings is 1. The summed E-state index contributed by atoms with van der Waals surface area (Å²) in [6, 6.07) is 1.65. The van der Waals surface area contributed by atoms with E-state index in [1.54, 1.807) is 0 Å². The average Bonchev–Trinajstić information content (AvgIpc) is 2.33. The molecule has 0 unspecified atom stereocenters. The van der Waals surface area contributed by atoms with Gasteiger partial charge >= 0.3 is 6.18 Å². The Hall–Kier alpha value is -1.50. The maximum Gasteiger partial charge on any atom is 0.416 e. The molecule has 2 N–H and O–H groups in total. The molecule has 19 heavy (non-hydrogen) atoms. The number of nitrogens with two attached hydrogens (primary N) is 1. The van der Waals surface area contributed by atoms with Gasteiger partial charge in [0.2, 0.25) is 5.88 Å². The standard InChI is InChI=1S/C12H18F3N3O/c1-3-18(4-2)5-6-19-11-8-9(12(13,14)15)7-10(16)17-11/h7-8H,3-6H2,1-2H3,(H2,16,17). The Labute approximate surface area is 110 Å². The molecule has 1 heterocycles. The monoisotopic (exact) mass is 277 g/mol. The van der Waals surface area contributed by atoms with Gasteiger partial charge in [0.05, 0.1) is 5.56 Å². The van der Waals surface area contributed by atoms with Crippen LogP contribution in [0, 0.1) is 0 Å². The minimum Gasteiger partial charge on any atom is -0.476 e. The Morgan fingerprint density at radius 3 is 2.42 bits per heavy atom. The molecule has 0 radical (unpaired) electrons. The molecule has 0 amide bonds. The smallest absolute Gasteiger partial charge is 0.416 e. The highest BCUT2D eigenvalue weighted by Gasteiger charge is 2.31. The first-order valence-corrected chi connectivity index (χ1v) is 6.06. The van der Waals surface area contributed by atoms with Crippen molar-refractivity contribution in [1.29, 1.82) is 0 Å². The molecule has 7 heteroatoms. The molecule has 0 aromatic carbocycles. The second kappa shape index (κ2) is 6.60. The summed E-state index contributed by atoms with van der Waals surface area (Å²) in [7, 11) is 0. The quantitative estimate of drug-likeness (QED) is 0.867. The van der Waals surface area contributed by atoms with Gasteiger partial charge in [-0.05, 0) is 19.2 Å². The molecule has 0 fully saturated rings. The third kappa shape index (κ3) is 4.94. The Morgan fingerprint density at radius 1 is 1.26 bits per heavy atom. The normalized spacial score (nSPS) is 11.9. The molecule has 1 aromatic rings. The van der Waals surface area contributed by atoms with Gasteiger partial charge in [-0.3, -0.25) is 0 Å². The minimum absolute atomic E-state index is 0.0977. The van der Waals surface area contributed by atoms with Gasteiger partial charge in [0.1, 0.15) is 12.4 Å². The summed E-state index contributed by atoms with van der Waals surface area (Å²) < 4.78 is 42.9. The topological polar surface area (TPSA) is 51.4 Å². The van der Waals surface area contributed by atoms with E-state index >= 15 is 0 Å². The molecule has 0 aliphatic carbocycles. The van der Waals surface area contributed by atoms with Crippen LogP contribution >= 0.6 is 0 Å². The average molecular weight is 277 g/mol. The van der Waals surface area contributed by atoms with Gasteiger partial charge in [0, 0.05) is 12.6 Å². The molecule has 0 atom stereocenters. The zero-order chi connectivity index (χ0) is 14.5. The van der Waals surface area contributed by atoms with Crippen molar-refractivity contribution in [2.45, 2.75) is 20.0 Å². The summed E-state index contributed by atoms with van der Waals surface area (Å²) in [6.45, 7) is 6.63. The third-order valence-electron chi connectivity index (χ3n) is 2.70. The van der Waals surface area contributed by atoms with Crippen LogP contribution in [0.5, 0.6) is 5.88 Å². The van der Waals surface area contributed by atoms with Crippen LogP contribution in [0.25, 0.3) is 0 Å². The number of likely N-dealkylation sites (N-methyl/N-ethyl adjacent to an activating group) is 1. The Balaban J connectivity index is 2.66. The molecule has 0 saturated heterocycles. The van der Waals surface area contributed by atoms with Crippen molar-refractivity contribution >= 4 is 5.82 Å². The van der Waals surface area contributed by atoms with E-state index in [9.17, 15) is 13.2 Å². The lowest BCUT2D eigenvalue weighted by Crippen LogP contribution is -2.28. The van der Waals surface area contributed by atoms with Gasteiger partial charge in [-0.25, -0.2) is 0 Å². The van der Waals surface area contributed by atoms with Gasteiger partial charge < -0.3 is 15.4 Å². The molecule has 1 rings (SSSR count). The number of nitrogens with zero attached hydrogens (tertiary/aromatic N) is 2. The number of alkyl halides is 3. The maximum atomic E-state index is 12.6. The van der Waals surface area contributed by atoms with Gasteiger partial charge in [-0.2, -0.15) is 18.2 Å². The number of nitrogen functional groups attached to an aromatic ring is 1. The van der Waals surface area contributed by atoms with Gasteiger partial charge in [-0.15, -0.1) is 0 Å². The lowest BCUT2D eigenvalue weighted by atomic mass is 10.2. The van der Waals surface area contributed by atoms with Crippen molar-refractivity contribution in [3.63, 3.8) is 0 Å². The Bertz CT molecular complexity index is 406. The molecule has 0 aliphatic rings. The highest BCUT2D eigenvalue weighted by molar-refractivity contribution is 5.38. The molecule has 108 valence electrons. The van der Waals surface area contributed by atoms with Gasteiger partial charge in [0.25, 0.3) is 0 Å². The summed E-state index contributed by atoms with van der Waals surface area (Å²) in [5.41, 5.74) is 4.49. The molecule has 0 saturated carbocycles. The number of rotatable bonds is 6. The van der Waals surface area contributed by atoms with E-state index in [4.69, 9.17) is 10.5 Å². The largest absolute Gasteiger partial charge is 0.476 e. The first-order valence-electron chi connectivity index (χ1n) is 6.06. The molecular weight excluding hydrogens is 259 g/mol. The number of hydrogen-bond acceptors (Lipinski definition) is 4. The molecule has 1 aromatic heterocycles. The molecule has 4 nitrogen and oxygen atoms in total. The summed E-state index contributed by atoms with van der Waals surface area (Å²) in [4.78, 5) is 5.83. The number of halogens is 3. The second-order valence-corrected chi connectivity index (χ2v) is 3.99. The maximum absolute atomic E-state index is 12.6. The Kier molecular flexibility index (Phi) is 5.41. The van der Waals surface area contributed by atoms with E-state index in [1.807, 2.05) is 13.8 Å². The van der Waals surface area contributed by atoms with E-state index in [2.05, 4.69) is 9.88 Å². The van der Waals surface area contributed by atoms with Crippen molar-refractivity contribution < 1.29 is 17.9 Å². The fourth-order valence-electron chi connectivity index (χ4n) is 1.58. The van der Waals surface area contributed by atoms with Crippen LogP contribution in [0.2, 0.25) is 0 Å². The minimum atomic E-state index is -4.45. The first kappa shape index (κ1) is 15.6. The van der Waals surface area contributed by atoms with Crippen molar-refractivity contribution in [3.8, 4) is 5.88 Å². The summed E-state index contributed by atoms with van der Waals surface area (Å²) in [5.74, 6) is -0.299. The van der Waals surface area contributed by atoms with Crippen LogP contribution in [-0.4, -0.2) is 36.1 Å². The zero-order valence-corrected chi connectivity index (χ0v) is 11.0. The Morgan fingerprint density at radius 2 is 1.89 bits per heavy atom. The molecule has 0 aliphatic heterocycles. The fraction of sp³-hybridized carbons (Fsp3) is 0.583. The molecule has 0 bridgehead atoms. The van der Waals surface area contributed by atoms with E-state index in [-0.39, 0.29) is 18.3 Å². The molecule has 0 spiro atoms. The zero-order valence-electron chi connectivity index (χ0n) is 11.0. The van der Waals surface area contributed by atoms with Crippen LogP contribution in [-0.2, 0) is 6.18 Å². The first-order chi connectivity index (χ1) is 8.86. The number of hydrogen-bond donors (Lipinski definition) is 1. The summed E-state index contributed by atoms with van der Waals surface area (Å²) in [6.07, 6.45) is -4.45. The van der Waals surface area contributed by atoms with Crippen LogP contribution in [0.3, 0.4) is 0 Å². The number of aromatic nitrogens is 1. The highest BCUT2D eigenvalue weighted by atomic mass is 19.4. The van der Waals surface area contributed by atoms with Crippen LogP contribution in [0.1, 0.15) is 19.4 Å². The van der Waals surface area contributed by atoms with Gasteiger partial charge in [-0.1, -0.05) is 13.8 Å². The van der Waals surface area contributed by atoms with E-state index in [0.717, 1.165) is 25.2 Å². The van der Waals surface area contributed by atoms with Crippen LogP contribution < -0.4 is 10.5 Å². The van der Waals surface area contributed by atoms with E-state index in [0.29, 0.717) is 6.54 Å². The van der Waals surface area contributed by atoms with Crippen molar-refractivity contribution in [2.75, 3.05) is 32.0 Å². The van der Waals surface area contributed by atoms with Crippen molar-refractivity contribution in [2.24, 2.45) is 0 Å². The summed E-state index contributed by atoms with van der Waals surface area (Å²) >= 11 is 0. The van der Waals surface area contributed by atoms with Crippen LogP contribution in [0.4, 0.5) is 19.0 Å². The lowest BCUT2D eigenvalue weighted by molar-refractivity contribution is -0.137. The number of ether oxygens (including phenoxy) is 1. The van der Waals surface area contributed by atoms with Gasteiger partial charge in [0.15, 0.2) is 0 Å². The predicted octanol–water partition coefficient (Wildman–Crippen LogP) is 2.40. The predicted molar refractivity (Wildman–Crippen MR) is 66.9 cm³/mol. The fourth-order valence-corrected chi connectivity index (χ4v) is 1.58. The van der Waals surface area contributed by atoms with Crippen molar-refractivity contribution in [3.05, 3.63) is 17.7 Å². The highest BCUT2D eigenvalue weighted by Crippen LogP contribution is 2.31. The van der Waals surface area contributed by atoms with Crippen LogP contribution in [0.15, 0.2) is 12.1 Å². The third-order valence-corrected chi connectivity index (χ3v) is 2.70. The number of anilines is 1. The van der Waals surface area contributed by atoms with E-state index < -0.39 is 11.7 Å². The second-order valence-electron chi connectivity index (χ2n) is 3.99. The summed E-state index contributed by atoms with van der Waals surface area (Å²) in [5, 5.41) is 0. The van der Waals surface area contributed by atoms with E-state index in [1.165, 1.54) is 0 Å².